The molecule has 0 saturated heterocycles. The summed E-state index contributed by atoms with van der Waals surface area (Å²) in [4.78, 5) is 12.3. The Kier molecular flexibility index (Phi) is 5.31. The lowest BCUT2D eigenvalue weighted by atomic mass is 9.92. The summed E-state index contributed by atoms with van der Waals surface area (Å²) in [5, 5.41) is 6.42. The van der Waals surface area contributed by atoms with Gasteiger partial charge in [-0.15, -0.1) is 0 Å². The Labute approximate surface area is 167 Å². The maximum atomic E-state index is 14.1. The van der Waals surface area contributed by atoms with Crippen LogP contribution in [0.2, 0.25) is 0 Å². The summed E-state index contributed by atoms with van der Waals surface area (Å²) >= 11 is 0. The van der Waals surface area contributed by atoms with Gasteiger partial charge in [0.2, 0.25) is 0 Å². The van der Waals surface area contributed by atoms with Crippen LogP contribution in [0.5, 0.6) is 0 Å². The number of nitrogens with one attached hydrogen (secondary N) is 3. The van der Waals surface area contributed by atoms with Crippen molar-refractivity contribution in [3.05, 3.63) is 36.0 Å². The molecule has 0 radical (unpaired) electrons. The second-order valence-corrected chi connectivity index (χ2v) is 7.87. The largest absolute Gasteiger partial charge is 0.341 e. The third kappa shape index (κ3) is 4.14. The van der Waals surface area contributed by atoms with Gasteiger partial charge in [0.25, 0.3) is 11.6 Å². The Balaban J connectivity index is 1.64. The molecule has 1 saturated carbocycles. The molecular formula is C20H26F2N7+. The number of benzene rings is 1. The van der Waals surface area contributed by atoms with Gasteiger partial charge in [0.05, 0.1) is 12.2 Å². The van der Waals surface area contributed by atoms with Gasteiger partial charge in [-0.3, -0.25) is 10.3 Å². The van der Waals surface area contributed by atoms with Crippen LogP contribution in [0.15, 0.2) is 24.4 Å². The summed E-state index contributed by atoms with van der Waals surface area (Å²) in [5.41, 5.74) is 7.59. The summed E-state index contributed by atoms with van der Waals surface area (Å²) in [5.74, 6) is -0.170. The fraction of sp³-hybridized carbons (Fsp3) is 0.450. The molecule has 2 aromatic heterocycles. The fourth-order valence-corrected chi connectivity index (χ4v) is 3.77. The maximum Gasteiger partial charge on any atom is 0.320 e. The number of aromatic nitrogens is 4. The van der Waals surface area contributed by atoms with E-state index in [0.29, 0.717) is 23.6 Å². The van der Waals surface area contributed by atoms with Crippen molar-refractivity contribution in [1.29, 1.82) is 0 Å². The first kappa shape index (κ1) is 19.5. The van der Waals surface area contributed by atoms with Crippen molar-refractivity contribution in [3.8, 4) is 0 Å². The van der Waals surface area contributed by atoms with E-state index in [4.69, 9.17) is 10.7 Å². The number of fused-ring (bicyclic) bond motifs is 1. The van der Waals surface area contributed by atoms with Crippen LogP contribution in [0.1, 0.15) is 45.6 Å². The van der Waals surface area contributed by atoms with Crippen LogP contribution in [-0.4, -0.2) is 27.0 Å². The van der Waals surface area contributed by atoms with Gasteiger partial charge in [0, 0.05) is 18.2 Å². The van der Waals surface area contributed by atoms with Gasteiger partial charge in [0.15, 0.2) is 11.3 Å². The minimum absolute atomic E-state index is 0.0465. The van der Waals surface area contributed by atoms with Gasteiger partial charge in [-0.05, 0) is 51.7 Å². The number of imidazole rings is 1. The minimum Gasteiger partial charge on any atom is -0.341 e. The monoisotopic (exact) mass is 402 g/mol. The molecule has 1 aliphatic rings. The van der Waals surface area contributed by atoms with Gasteiger partial charge >= 0.3 is 5.95 Å². The lowest BCUT2D eigenvalue weighted by Crippen LogP contribution is -2.38. The summed E-state index contributed by atoms with van der Waals surface area (Å²) in [6.07, 6.45) is 5.69. The Morgan fingerprint density at radius 2 is 1.97 bits per heavy atom. The normalized spacial score (nSPS) is 19.7. The van der Waals surface area contributed by atoms with E-state index in [1.807, 2.05) is 18.4 Å². The molecule has 1 aliphatic carbocycles. The van der Waals surface area contributed by atoms with Crippen LogP contribution >= 0.6 is 0 Å². The third-order valence-corrected chi connectivity index (χ3v) is 5.30. The number of anilines is 3. The SMILES string of the molecule is CC(C)[n+]1c(Nc2ccc(F)cc2F)[nH]c2cnc(NC3CCC(N)CC3)nc21. The predicted octanol–water partition coefficient (Wildman–Crippen LogP) is 3.53. The zero-order valence-corrected chi connectivity index (χ0v) is 16.5. The smallest absolute Gasteiger partial charge is 0.320 e. The minimum atomic E-state index is -0.664. The molecule has 29 heavy (non-hydrogen) atoms. The van der Waals surface area contributed by atoms with E-state index in [-0.39, 0.29) is 17.8 Å². The average molecular weight is 402 g/mol. The summed E-state index contributed by atoms with van der Waals surface area (Å²) in [7, 11) is 0. The van der Waals surface area contributed by atoms with Crippen LogP contribution in [0, 0.1) is 11.6 Å². The fourth-order valence-electron chi connectivity index (χ4n) is 3.77. The standard InChI is InChI=1S/C20H25F2N7/c1-11(2)29-18-17(27-20(29)26-16-8-3-12(21)9-15(16)22)10-24-19(28-18)25-14-6-4-13(23)5-7-14/h3,8-11,13-14H,4-7,23H2,1-2H3,(H2,24,25,26,27,28)/p+1. The van der Waals surface area contributed by atoms with Crippen LogP contribution in [-0.2, 0) is 0 Å². The van der Waals surface area contributed by atoms with Crippen molar-refractivity contribution >= 4 is 28.7 Å². The van der Waals surface area contributed by atoms with Crippen molar-refractivity contribution in [2.24, 2.45) is 5.73 Å². The second kappa shape index (κ2) is 7.90. The average Bonchev–Trinajstić information content (AvgIpc) is 3.03. The number of halogens is 2. The highest BCUT2D eigenvalue weighted by Crippen LogP contribution is 2.23. The van der Waals surface area contributed by atoms with Gasteiger partial charge in [0.1, 0.15) is 11.5 Å². The van der Waals surface area contributed by atoms with Crippen molar-refractivity contribution in [1.82, 2.24) is 15.0 Å². The van der Waals surface area contributed by atoms with E-state index in [9.17, 15) is 8.78 Å². The molecule has 5 N–H and O–H groups in total. The van der Waals surface area contributed by atoms with Gasteiger partial charge in [-0.25, -0.2) is 18.3 Å². The molecule has 9 heteroatoms. The van der Waals surface area contributed by atoms with E-state index in [0.717, 1.165) is 37.3 Å². The molecule has 0 bridgehead atoms. The van der Waals surface area contributed by atoms with Crippen molar-refractivity contribution < 1.29 is 13.3 Å². The molecule has 1 fully saturated rings. The topological polar surface area (TPSA) is 95.5 Å². The quantitative estimate of drug-likeness (QED) is 0.490. The van der Waals surface area contributed by atoms with Crippen LogP contribution in [0.25, 0.3) is 11.2 Å². The predicted molar refractivity (Wildman–Crippen MR) is 108 cm³/mol. The molecule has 154 valence electrons. The van der Waals surface area contributed by atoms with Crippen LogP contribution < -0.4 is 20.9 Å². The number of aromatic amines is 1. The molecule has 0 unspecified atom stereocenters. The highest BCUT2D eigenvalue weighted by molar-refractivity contribution is 5.70. The summed E-state index contributed by atoms with van der Waals surface area (Å²) in [6, 6.07) is 4.07. The second-order valence-electron chi connectivity index (χ2n) is 7.87. The zero-order chi connectivity index (χ0) is 20.5. The first-order valence-corrected chi connectivity index (χ1v) is 9.95. The van der Waals surface area contributed by atoms with Gasteiger partial charge in [-0.2, -0.15) is 0 Å². The van der Waals surface area contributed by atoms with Crippen molar-refractivity contribution in [2.75, 3.05) is 10.6 Å². The van der Waals surface area contributed by atoms with E-state index < -0.39 is 11.6 Å². The molecule has 4 rings (SSSR count). The maximum absolute atomic E-state index is 14.1. The number of hydrogen-bond donors (Lipinski definition) is 4. The number of nitrogens with two attached hydrogens (primary N) is 1. The lowest BCUT2D eigenvalue weighted by Gasteiger charge is -2.26. The Bertz CT molecular complexity index is 1010. The van der Waals surface area contributed by atoms with Crippen molar-refractivity contribution in [2.45, 2.75) is 57.7 Å². The van der Waals surface area contributed by atoms with E-state index in [1.165, 1.54) is 12.1 Å². The first-order chi connectivity index (χ1) is 13.9. The van der Waals surface area contributed by atoms with Gasteiger partial charge < -0.3 is 11.1 Å². The van der Waals surface area contributed by atoms with Crippen LogP contribution in [0.3, 0.4) is 0 Å². The molecule has 0 spiro atoms. The van der Waals surface area contributed by atoms with Crippen molar-refractivity contribution in [3.63, 3.8) is 0 Å². The Hall–Kier alpha value is -2.81. The summed E-state index contributed by atoms with van der Waals surface area (Å²) < 4.78 is 29.2. The summed E-state index contributed by atoms with van der Waals surface area (Å²) in [6.45, 7) is 4.02. The third-order valence-electron chi connectivity index (χ3n) is 5.30. The number of hydrogen-bond acceptors (Lipinski definition) is 5. The lowest BCUT2D eigenvalue weighted by molar-refractivity contribution is -0.678. The van der Waals surface area contributed by atoms with E-state index in [1.54, 1.807) is 6.20 Å². The molecule has 0 atom stereocenters. The molecule has 3 aromatic rings. The number of rotatable bonds is 5. The van der Waals surface area contributed by atoms with Gasteiger partial charge in [-0.1, -0.05) is 4.98 Å². The number of H-pyrrole nitrogens is 1. The van der Waals surface area contributed by atoms with Crippen LogP contribution in [0.4, 0.5) is 26.4 Å². The highest BCUT2D eigenvalue weighted by Gasteiger charge is 2.25. The van der Waals surface area contributed by atoms with E-state index >= 15 is 0 Å². The number of nitrogens with zero attached hydrogens (tertiary/aromatic N) is 3. The first-order valence-electron chi connectivity index (χ1n) is 9.95. The molecule has 1 aromatic carbocycles. The highest BCUT2D eigenvalue weighted by atomic mass is 19.1. The molecule has 0 aliphatic heterocycles. The molecule has 0 amide bonds. The zero-order valence-electron chi connectivity index (χ0n) is 16.5. The Morgan fingerprint density at radius 3 is 2.66 bits per heavy atom. The molecule has 7 nitrogen and oxygen atoms in total. The van der Waals surface area contributed by atoms with E-state index in [2.05, 4.69) is 20.6 Å². The Morgan fingerprint density at radius 1 is 1.21 bits per heavy atom. The molecule has 2 heterocycles. The molecular weight excluding hydrogens is 376 g/mol.